The van der Waals surface area contributed by atoms with Gasteiger partial charge in [-0.2, -0.15) is 0 Å². The number of carbonyl (C=O) groups is 2. The van der Waals surface area contributed by atoms with Crippen molar-refractivity contribution in [3.05, 3.63) is 87.1 Å². The maximum absolute atomic E-state index is 12.7. The van der Waals surface area contributed by atoms with Gasteiger partial charge in [-0.1, -0.05) is 48.0 Å². The summed E-state index contributed by atoms with van der Waals surface area (Å²) < 4.78 is 5.84. The predicted molar refractivity (Wildman–Crippen MR) is 128 cm³/mol. The Labute approximate surface area is 196 Å². The molecule has 4 rings (SSSR count). The van der Waals surface area contributed by atoms with Gasteiger partial charge in [0.2, 0.25) is 0 Å². The quantitative estimate of drug-likeness (QED) is 0.541. The molecule has 1 aromatic heterocycles. The van der Waals surface area contributed by atoms with Crippen molar-refractivity contribution in [2.45, 2.75) is 12.6 Å². The van der Waals surface area contributed by atoms with E-state index in [1.807, 2.05) is 23.6 Å². The molecule has 32 heavy (non-hydrogen) atoms. The van der Waals surface area contributed by atoms with Gasteiger partial charge in [-0.3, -0.25) is 14.5 Å². The number of rotatable bonds is 7. The van der Waals surface area contributed by atoms with Crippen LogP contribution in [0, 0.1) is 0 Å². The summed E-state index contributed by atoms with van der Waals surface area (Å²) in [5.41, 5.74) is 2.09. The van der Waals surface area contributed by atoms with E-state index in [1.165, 1.54) is 16.9 Å². The van der Waals surface area contributed by atoms with Crippen molar-refractivity contribution in [1.82, 2.24) is 10.2 Å². The molecule has 3 aromatic rings. The van der Waals surface area contributed by atoms with Crippen molar-refractivity contribution >= 4 is 40.4 Å². The van der Waals surface area contributed by atoms with Crippen molar-refractivity contribution in [1.29, 1.82) is 0 Å². The third kappa shape index (κ3) is 5.95. The molecule has 0 bridgehead atoms. The monoisotopic (exact) mass is 469 g/mol. The number of hydrogen-bond donors (Lipinski definition) is 2. The average Bonchev–Trinajstić information content (AvgIpc) is 3.35. The van der Waals surface area contributed by atoms with Crippen molar-refractivity contribution in [3.63, 3.8) is 0 Å². The minimum absolute atomic E-state index is 0.0817. The normalized spacial score (nSPS) is 16.5. The number of halogens is 1. The molecule has 2 N–H and O–H groups in total. The third-order valence-corrected chi connectivity index (χ3v) is 6.38. The summed E-state index contributed by atoms with van der Waals surface area (Å²) in [5, 5.41) is 7.91. The summed E-state index contributed by atoms with van der Waals surface area (Å²) in [7, 11) is 0. The van der Waals surface area contributed by atoms with E-state index in [0.717, 1.165) is 19.6 Å². The first-order chi connectivity index (χ1) is 15.6. The van der Waals surface area contributed by atoms with Gasteiger partial charge in [-0.05, 0) is 35.2 Å². The van der Waals surface area contributed by atoms with Crippen LogP contribution in [0.5, 0.6) is 0 Å². The predicted octanol–water partition coefficient (Wildman–Crippen LogP) is 4.28. The Kier molecular flexibility index (Phi) is 7.55. The standard InChI is InChI=1S/C24H24ClN3O3S/c25-20-9-8-18(13-21(20)27-24(30)22-7-4-12-32-22)23(29)26-14-19-16-28(10-11-31-19)15-17-5-2-1-3-6-17/h1-9,12-13,19H,10-11,14-16H2,(H,26,29)(H,27,30). The molecule has 1 unspecified atom stereocenters. The molecule has 1 saturated heterocycles. The topological polar surface area (TPSA) is 70.7 Å². The molecule has 1 atom stereocenters. The largest absolute Gasteiger partial charge is 0.374 e. The van der Waals surface area contributed by atoms with Crippen LogP contribution in [0.3, 0.4) is 0 Å². The Morgan fingerprint density at radius 2 is 1.94 bits per heavy atom. The molecule has 166 valence electrons. The molecule has 0 saturated carbocycles. The van der Waals surface area contributed by atoms with Crippen molar-refractivity contribution < 1.29 is 14.3 Å². The summed E-state index contributed by atoms with van der Waals surface area (Å²) >= 11 is 7.56. The number of carbonyl (C=O) groups excluding carboxylic acids is 2. The summed E-state index contributed by atoms with van der Waals surface area (Å²) in [6, 6.07) is 18.7. The van der Waals surface area contributed by atoms with Gasteiger partial charge in [-0.15, -0.1) is 11.3 Å². The van der Waals surface area contributed by atoms with E-state index in [9.17, 15) is 9.59 Å². The zero-order valence-electron chi connectivity index (χ0n) is 17.4. The molecule has 0 spiro atoms. The van der Waals surface area contributed by atoms with E-state index in [0.29, 0.717) is 34.3 Å². The number of benzene rings is 2. The van der Waals surface area contributed by atoms with E-state index < -0.39 is 0 Å². The molecule has 1 fully saturated rings. The first-order valence-corrected chi connectivity index (χ1v) is 11.6. The Hall–Kier alpha value is -2.71. The first-order valence-electron chi connectivity index (χ1n) is 10.4. The summed E-state index contributed by atoms with van der Waals surface area (Å²) in [4.78, 5) is 27.9. The van der Waals surface area contributed by atoms with Crippen molar-refractivity contribution in [3.8, 4) is 0 Å². The van der Waals surface area contributed by atoms with Crippen molar-refractivity contribution in [2.24, 2.45) is 0 Å². The highest BCUT2D eigenvalue weighted by atomic mass is 35.5. The lowest BCUT2D eigenvalue weighted by Crippen LogP contribution is -2.47. The average molecular weight is 470 g/mol. The van der Waals surface area contributed by atoms with Crippen LogP contribution in [0.25, 0.3) is 0 Å². The molecule has 6 nitrogen and oxygen atoms in total. The van der Waals surface area contributed by atoms with Crippen LogP contribution in [-0.2, 0) is 11.3 Å². The lowest BCUT2D eigenvalue weighted by molar-refractivity contribution is -0.0292. The van der Waals surface area contributed by atoms with Crippen LogP contribution in [0.1, 0.15) is 25.6 Å². The second kappa shape index (κ2) is 10.7. The van der Waals surface area contributed by atoms with E-state index in [2.05, 4.69) is 27.7 Å². The van der Waals surface area contributed by atoms with Gasteiger partial charge < -0.3 is 15.4 Å². The van der Waals surface area contributed by atoms with Crippen LogP contribution in [0.4, 0.5) is 5.69 Å². The second-order valence-corrected chi connectivity index (χ2v) is 8.90. The van der Waals surface area contributed by atoms with Crippen molar-refractivity contribution in [2.75, 3.05) is 31.6 Å². The molecular formula is C24H24ClN3O3S. The molecule has 2 heterocycles. The van der Waals surface area contributed by atoms with Crippen LogP contribution in [0.15, 0.2) is 66.0 Å². The maximum Gasteiger partial charge on any atom is 0.265 e. The van der Waals surface area contributed by atoms with Gasteiger partial charge in [0.15, 0.2) is 0 Å². The van der Waals surface area contributed by atoms with Gasteiger partial charge in [0.05, 0.1) is 28.3 Å². The number of thiophene rings is 1. The number of nitrogens with one attached hydrogen (secondary N) is 2. The highest BCUT2D eigenvalue weighted by molar-refractivity contribution is 7.12. The smallest absolute Gasteiger partial charge is 0.265 e. The zero-order valence-corrected chi connectivity index (χ0v) is 19.0. The zero-order chi connectivity index (χ0) is 22.3. The maximum atomic E-state index is 12.7. The highest BCUT2D eigenvalue weighted by Crippen LogP contribution is 2.24. The Morgan fingerprint density at radius 1 is 1.09 bits per heavy atom. The van der Waals surface area contributed by atoms with Crippen LogP contribution in [-0.4, -0.2) is 49.1 Å². The van der Waals surface area contributed by atoms with E-state index >= 15 is 0 Å². The minimum atomic E-state index is -0.256. The summed E-state index contributed by atoms with van der Waals surface area (Å²) in [6.07, 6.45) is -0.0817. The Balaban J connectivity index is 1.32. The molecule has 8 heteroatoms. The lowest BCUT2D eigenvalue weighted by Gasteiger charge is -2.33. The molecule has 1 aliphatic heterocycles. The summed E-state index contributed by atoms with van der Waals surface area (Å²) in [6.45, 7) is 3.51. The fourth-order valence-corrected chi connectivity index (χ4v) is 4.34. The van der Waals surface area contributed by atoms with E-state index in [-0.39, 0.29) is 17.9 Å². The van der Waals surface area contributed by atoms with E-state index in [4.69, 9.17) is 16.3 Å². The van der Waals surface area contributed by atoms with Gasteiger partial charge in [0.1, 0.15) is 0 Å². The van der Waals surface area contributed by atoms with Crippen LogP contribution >= 0.6 is 22.9 Å². The molecule has 2 aromatic carbocycles. The lowest BCUT2D eigenvalue weighted by atomic mass is 10.1. The molecule has 0 radical (unpaired) electrons. The van der Waals surface area contributed by atoms with Gasteiger partial charge >= 0.3 is 0 Å². The SMILES string of the molecule is O=C(NCC1CN(Cc2ccccc2)CCO1)c1ccc(Cl)c(NC(=O)c2cccs2)c1. The number of amides is 2. The van der Waals surface area contributed by atoms with Crippen LogP contribution < -0.4 is 10.6 Å². The fourth-order valence-electron chi connectivity index (χ4n) is 3.55. The number of anilines is 1. The summed E-state index contributed by atoms with van der Waals surface area (Å²) in [5.74, 6) is -0.495. The van der Waals surface area contributed by atoms with E-state index in [1.54, 1.807) is 30.3 Å². The second-order valence-electron chi connectivity index (χ2n) is 7.55. The third-order valence-electron chi connectivity index (χ3n) is 5.18. The molecule has 2 amide bonds. The molecule has 0 aliphatic carbocycles. The first kappa shape index (κ1) is 22.5. The van der Waals surface area contributed by atoms with Crippen LogP contribution in [0.2, 0.25) is 5.02 Å². The van der Waals surface area contributed by atoms with Gasteiger partial charge in [-0.25, -0.2) is 0 Å². The minimum Gasteiger partial charge on any atom is -0.374 e. The Bertz CT molecular complexity index is 1060. The fraction of sp³-hybridized carbons (Fsp3) is 0.250. The number of morpholine rings is 1. The van der Waals surface area contributed by atoms with Gasteiger partial charge in [0.25, 0.3) is 11.8 Å². The molecular weight excluding hydrogens is 446 g/mol. The number of nitrogens with zero attached hydrogens (tertiary/aromatic N) is 1. The number of ether oxygens (including phenoxy) is 1. The highest BCUT2D eigenvalue weighted by Gasteiger charge is 2.21. The Morgan fingerprint density at radius 3 is 2.72 bits per heavy atom. The number of hydrogen-bond acceptors (Lipinski definition) is 5. The molecule has 1 aliphatic rings. The van der Waals surface area contributed by atoms with Gasteiger partial charge in [0, 0.05) is 31.7 Å².